The maximum atomic E-state index is 5.74. The van der Waals surface area contributed by atoms with Crippen LogP contribution in [0.15, 0.2) is 0 Å². The van der Waals surface area contributed by atoms with Crippen molar-refractivity contribution in [3.05, 3.63) is 0 Å². The summed E-state index contributed by atoms with van der Waals surface area (Å²) in [7, 11) is 4.02. The predicted octanol–water partition coefficient (Wildman–Crippen LogP) is -0.701. The second-order valence-electron chi connectivity index (χ2n) is 7.78. The van der Waals surface area contributed by atoms with E-state index >= 15 is 0 Å². The van der Waals surface area contributed by atoms with Crippen molar-refractivity contribution in [2.75, 3.05) is 66.8 Å². The van der Waals surface area contributed by atoms with E-state index in [1.807, 2.05) is 0 Å². The highest BCUT2D eigenvalue weighted by atomic mass is 79.9. The van der Waals surface area contributed by atoms with Gasteiger partial charge in [0.2, 0.25) is 0 Å². The molecule has 5 nitrogen and oxygen atoms in total. The summed E-state index contributed by atoms with van der Waals surface area (Å²) < 4.78 is 19.4. The number of likely N-dealkylation sites (N-methyl/N-ethyl adjacent to an activating group) is 1. The molecule has 0 N–H and O–H groups in total. The van der Waals surface area contributed by atoms with Crippen molar-refractivity contribution in [1.29, 1.82) is 0 Å². The largest absolute Gasteiger partial charge is 1.00 e. The van der Waals surface area contributed by atoms with Crippen molar-refractivity contribution >= 4 is 16.1 Å². The van der Waals surface area contributed by atoms with Gasteiger partial charge in [-0.2, -0.15) is 0 Å². The number of hydrogen-bond acceptors (Lipinski definition) is 4. The Morgan fingerprint density at radius 1 is 0.913 bits per heavy atom. The summed E-state index contributed by atoms with van der Waals surface area (Å²) in [6.07, 6.45) is 0. The summed E-state index contributed by atoms with van der Waals surface area (Å²) in [6, 6.07) is 0. The Labute approximate surface area is 161 Å². The number of nitrogens with zero attached hydrogens (tertiary/aromatic N) is 2. The van der Waals surface area contributed by atoms with Gasteiger partial charge in [0.1, 0.15) is 6.54 Å². The van der Waals surface area contributed by atoms with E-state index in [1.165, 1.54) is 0 Å². The Kier molecular flexibility index (Phi) is 10.4. The fourth-order valence-electron chi connectivity index (χ4n) is 3.77. The van der Waals surface area contributed by atoms with Gasteiger partial charge in [-0.25, -0.2) is 3.93 Å². The SMILES string of the molecule is COCCOCCOCC[N+]1(C)CC(C)(C)N(Br)C(C)(C)C1.[Br-]. The molecular formula is C16H34Br2N2O3. The van der Waals surface area contributed by atoms with E-state index in [0.717, 1.165) is 30.7 Å². The second kappa shape index (κ2) is 10.0. The molecule has 0 aromatic carbocycles. The van der Waals surface area contributed by atoms with Crippen LogP contribution in [0.1, 0.15) is 27.7 Å². The van der Waals surface area contributed by atoms with Crippen molar-refractivity contribution in [3.8, 4) is 0 Å². The highest BCUT2D eigenvalue weighted by molar-refractivity contribution is 9.07. The fourth-order valence-corrected chi connectivity index (χ4v) is 4.00. The standard InChI is InChI=1S/C16H34BrN2O3.BrH/c1-15(2)13-19(5,14-16(3,4)18(15)17)7-8-21-11-12-22-10-9-20-6;/h7-14H2,1-6H3;1H/q+1;/p-1. The Balaban J connectivity index is 0.00000484. The predicted molar refractivity (Wildman–Crippen MR) is 93.2 cm³/mol. The molecule has 23 heavy (non-hydrogen) atoms. The van der Waals surface area contributed by atoms with Gasteiger partial charge in [0.15, 0.2) is 0 Å². The van der Waals surface area contributed by atoms with E-state index in [0.29, 0.717) is 26.4 Å². The number of hydrogen-bond donors (Lipinski definition) is 0. The Hall–Kier alpha value is 0.760. The fraction of sp³-hybridized carbons (Fsp3) is 1.00. The molecule has 1 fully saturated rings. The number of halogens is 2. The molecule has 0 saturated carbocycles. The van der Waals surface area contributed by atoms with Crippen LogP contribution in [0.25, 0.3) is 0 Å². The van der Waals surface area contributed by atoms with Crippen molar-refractivity contribution < 1.29 is 35.7 Å². The number of piperazine rings is 1. The third-order valence-corrected chi connectivity index (χ3v) is 6.10. The van der Waals surface area contributed by atoms with Crippen LogP contribution in [0.4, 0.5) is 0 Å². The lowest BCUT2D eigenvalue weighted by molar-refractivity contribution is -0.924. The van der Waals surface area contributed by atoms with Gasteiger partial charge in [0.25, 0.3) is 0 Å². The minimum atomic E-state index is 0. The molecule has 1 aliphatic heterocycles. The summed E-state index contributed by atoms with van der Waals surface area (Å²) in [5.74, 6) is 0. The molecule has 7 heteroatoms. The monoisotopic (exact) mass is 460 g/mol. The van der Waals surface area contributed by atoms with Gasteiger partial charge < -0.3 is 35.7 Å². The van der Waals surface area contributed by atoms with Gasteiger partial charge in [-0.3, -0.25) is 0 Å². The van der Waals surface area contributed by atoms with Crippen LogP contribution >= 0.6 is 16.1 Å². The van der Waals surface area contributed by atoms with Crippen molar-refractivity contribution in [3.63, 3.8) is 0 Å². The smallest absolute Gasteiger partial charge is 0.102 e. The zero-order valence-corrected chi connectivity index (χ0v) is 18.7. The summed E-state index contributed by atoms with van der Waals surface area (Å²) in [5.41, 5.74) is 0.250. The summed E-state index contributed by atoms with van der Waals surface area (Å²) >= 11 is 3.77. The summed E-state index contributed by atoms with van der Waals surface area (Å²) in [4.78, 5) is 0. The Morgan fingerprint density at radius 3 is 1.83 bits per heavy atom. The molecule has 1 heterocycles. The number of rotatable bonds is 9. The van der Waals surface area contributed by atoms with Gasteiger partial charge >= 0.3 is 0 Å². The van der Waals surface area contributed by atoms with E-state index in [4.69, 9.17) is 14.2 Å². The average Bonchev–Trinajstić information content (AvgIpc) is 2.38. The minimum absolute atomic E-state index is 0. The molecule has 0 aromatic rings. The minimum Gasteiger partial charge on any atom is -1.00 e. The molecule has 140 valence electrons. The van der Waals surface area contributed by atoms with Crippen LogP contribution in [0.2, 0.25) is 0 Å². The van der Waals surface area contributed by atoms with Crippen LogP contribution in [-0.2, 0) is 14.2 Å². The topological polar surface area (TPSA) is 30.9 Å². The van der Waals surface area contributed by atoms with E-state index in [2.05, 4.69) is 54.8 Å². The van der Waals surface area contributed by atoms with E-state index < -0.39 is 0 Å². The average molecular weight is 462 g/mol. The Morgan fingerprint density at radius 2 is 1.35 bits per heavy atom. The summed E-state index contributed by atoms with van der Waals surface area (Å²) in [6.45, 7) is 15.8. The first-order chi connectivity index (χ1) is 10.1. The maximum Gasteiger partial charge on any atom is 0.102 e. The van der Waals surface area contributed by atoms with Crippen molar-refractivity contribution in [2.45, 2.75) is 38.8 Å². The van der Waals surface area contributed by atoms with Crippen LogP contribution < -0.4 is 17.0 Å². The highest BCUT2D eigenvalue weighted by Gasteiger charge is 2.50. The van der Waals surface area contributed by atoms with Crippen molar-refractivity contribution in [1.82, 2.24) is 3.93 Å². The lowest BCUT2D eigenvalue weighted by Crippen LogP contribution is -3.00. The van der Waals surface area contributed by atoms with Crippen LogP contribution in [-0.4, -0.2) is 86.3 Å². The molecule has 0 bridgehead atoms. The summed E-state index contributed by atoms with van der Waals surface area (Å²) in [5, 5.41) is 0. The molecule has 0 radical (unpaired) electrons. The van der Waals surface area contributed by atoms with Gasteiger partial charge in [0.05, 0.1) is 64.2 Å². The van der Waals surface area contributed by atoms with Gasteiger partial charge in [-0.15, -0.1) is 0 Å². The normalized spacial score (nSPS) is 22.6. The molecule has 0 amide bonds. The quantitative estimate of drug-likeness (QED) is 0.258. The molecular weight excluding hydrogens is 428 g/mol. The number of methoxy groups -OCH3 is 1. The number of quaternary nitrogens is 1. The molecule has 1 saturated heterocycles. The molecule has 1 rings (SSSR count). The van der Waals surface area contributed by atoms with Crippen LogP contribution in [0.3, 0.4) is 0 Å². The zero-order chi connectivity index (χ0) is 16.9. The van der Waals surface area contributed by atoms with E-state index in [9.17, 15) is 0 Å². The third kappa shape index (κ3) is 7.67. The lowest BCUT2D eigenvalue weighted by atomic mass is 9.89. The first-order valence-electron chi connectivity index (χ1n) is 8.07. The van der Waals surface area contributed by atoms with Gasteiger partial charge in [-0.1, -0.05) is 0 Å². The highest BCUT2D eigenvalue weighted by Crippen LogP contribution is 2.37. The van der Waals surface area contributed by atoms with Crippen molar-refractivity contribution in [2.24, 2.45) is 0 Å². The van der Waals surface area contributed by atoms with E-state index in [1.54, 1.807) is 7.11 Å². The zero-order valence-electron chi connectivity index (χ0n) is 15.5. The Bertz CT molecular complexity index is 323. The maximum absolute atomic E-state index is 5.74. The first kappa shape index (κ1) is 23.8. The van der Waals surface area contributed by atoms with E-state index in [-0.39, 0.29) is 28.1 Å². The molecule has 0 spiro atoms. The molecule has 0 atom stereocenters. The third-order valence-electron chi connectivity index (χ3n) is 4.18. The van der Waals surface area contributed by atoms with Gasteiger partial charge in [-0.05, 0) is 27.7 Å². The van der Waals surface area contributed by atoms with Gasteiger partial charge in [0, 0.05) is 23.3 Å². The molecule has 0 aliphatic carbocycles. The lowest BCUT2D eigenvalue weighted by Gasteiger charge is -2.56. The molecule has 1 aliphatic rings. The molecule has 0 unspecified atom stereocenters. The molecule has 0 aromatic heterocycles. The number of ether oxygens (including phenoxy) is 3. The van der Waals surface area contributed by atoms with Crippen LogP contribution in [0.5, 0.6) is 0 Å². The second-order valence-corrected chi connectivity index (χ2v) is 8.49. The van der Waals surface area contributed by atoms with Crippen LogP contribution in [0, 0.1) is 0 Å². The first-order valence-corrected chi connectivity index (χ1v) is 8.78.